The Hall–Kier alpha value is -1.07. The molecule has 100 valence electrons. The van der Waals surface area contributed by atoms with Crippen molar-refractivity contribution >= 4 is 17.4 Å². The molecule has 2 rings (SSSR count). The van der Waals surface area contributed by atoms with E-state index in [1.807, 2.05) is 13.8 Å². The number of nitrogens with zero attached hydrogens (tertiary/aromatic N) is 3. The van der Waals surface area contributed by atoms with Crippen LogP contribution in [0.2, 0.25) is 0 Å². The molecular formula is C12H18ClN3O2. The highest BCUT2D eigenvalue weighted by molar-refractivity contribution is 6.18. The van der Waals surface area contributed by atoms with Crippen molar-refractivity contribution in [2.75, 3.05) is 37.1 Å². The third-order valence-corrected chi connectivity index (χ3v) is 3.25. The van der Waals surface area contributed by atoms with Crippen LogP contribution >= 0.6 is 11.6 Å². The molecule has 0 radical (unpaired) electrons. The monoisotopic (exact) mass is 271 g/mol. The number of ether oxygens (including phenoxy) is 2. The van der Waals surface area contributed by atoms with Crippen LogP contribution in [0.25, 0.3) is 0 Å². The first-order valence-corrected chi connectivity index (χ1v) is 6.66. The van der Waals surface area contributed by atoms with E-state index >= 15 is 0 Å². The summed E-state index contributed by atoms with van der Waals surface area (Å²) < 4.78 is 11.0. The van der Waals surface area contributed by atoms with Crippen molar-refractivity contribution in [2.45, 2.75) is 20.0 Å². The van der Waals surface area contributed by atoms with E-state index in [9.17, 15) is 0 Å². The molecule has 5 nitrogen and oxygen atoms in total. The van der Waals surface area contributed by atoms with Gasteiger partial charge in [-0.15, -0.1) is 11.6 Å². The molecule has 0 aromatic carbocycles. The average Bonchev–Trinajstić information content (AvgIpc) is 2.41. The number of hydrogen-bond donors (Lipinski definition) is 0. The van der Waals surface area contributed by atoms with Gasteiger partial charge in [0.15, 0.2) is 0 Å². The molecule has 18 heavy (non-hydrogen) atoms. The largest absolute Gasteiger partial charge is 0.478 e. The third kappa shape index (κ3) is 2.84. The van der Waals surface area contributed by atoms with Crippen LogP contribution in [0.15, 0.2) is 6.33 Å². The third-order valence-electron chi connectivity index (χ3n) is 2.90. The number of alkyl halides is 1. The molecule has 1 saturated heterocycles. The van der Waals surface area contributed by atoms with Gasteiger partial charge < -0.3 is 14.4 Å². The van der Waals surface area contributed by atoms with Gasteiger partial charge in [0.1, 0.15) is 12.1 Å². The maximum absolute atomic E-state index is 5.84. The van der Waals surface area contributed by atoms with Crippen LogP contribution in [0.5, 0.6) is 5.88 Å². The quantitative estimate of drug-likeness (QED) is 0.779. The van der Waals surface area contributed by atoms with Crippen LogP contribution in [-0.2, 0) is 4.74 Å². The van der Waals surface area contributed by atoms with Crippen LogP contribution in [-0.4, -0.2) is 48.3 Å². The van der Waals surface area contributed by atoms with Crippen molar-refractivity contribution in [1.29, 1.82) is 0 Å². The van der Waals surface area contributed by atoms with E-state index in [0.29, 0.717) is 25.0 Å². The van der Waals surface area contributed by atoms with Crippen LogP contribution in [0.4, 0.5) is 5.82 Å². The molecule has 1 fully saturated rings. The van der Waals surface area contributed by atoms with Crippen molar-refractivity contribution in [1.82, 2.24) is 9.97 Å². The Balaban J connectivity index is 2.19. The van der Waals surface area contributed by atoms with Gasteiger partial charge in [0.05, 0.1) is 30.8 Å². The normalized spacial score (nSPS) is 19.9. The molecule has 0 saturated carbocycles. The van der Waals surface area contributed by atoms with E-state index in [-0.39, 0.29) is 6.10 Å². The number of rotatable bonds is 4. The fraction of sp³-hybridized carbons (Fsp3) is 0.667. The Kier molecular flexibility index (Phi) is 4.60. The lowest BCUT2D eigenvalue weighted by Gasteiger charge is -2.33. The standard InChI is InChI=1S/C12H18ClN3O2/c1-3-17-12-9(2)11(14-8-15-12)16-4-5-18-10(6-13)7-16/h8,10H,3-7H2,1-2H3. The summed E-state index contributed by atoms with van der Waals surface area (Å²) in [5.74, 6) is 2.06. The highest BCUT2D eigenvalue weighted by Gasteiger charge is 2.23. The topological polar surface area (TPSA) is 47.5 Å². The second-order valence-corrected chi connectivity index (χ2v) is 4.46. The summed E-state index contributed by atoms with van der Waals surface area (Å²) in [6.45, 7) is 6.77. The molecule has 0 amide bonds. The highest BCUT2D eigenvalue weighted by atomic mass is 35.5. The van der Waals surface area contributed by atoms with Gasteiger partial charge in [-0.05, 0) is 13.8 Å². The Bertz CT molecular complexity index is 403. The number of hydrogen-bond acceptors (Lipinski definition) is 5. The van der Waals surface area contributed by atoms with Gasteiger partial charge in [-0.2, -0.15) is 0 Å². The summed E-state index contributed by atoms with van der Waals surface area (Å²) in [7, 11) is 0. The second kappa shape index (κ2) is 6.20. The predicted molar refractivity (Wildman–Crippen MR) is 70.6 cm³/mol. The zero-order chi connectivity index (χ0) is 13.0. The van der Waals surface area contributed by atoms with E-state index in [1.165, 1.54) is 0 Å². The lowest BCUT2D eigenvalue weighted by molar-refractivity contribution is 0.0551. The van der Waals surface area contributed by atoms with E-state index in [4.69, 9.17) is 21.1 Å². The Labute approximate surface area is 112 Å². The minimum Gasteiger partial charge on any atom is -0.478 e. The maximum atomic E-state index is 5.84. The molecular weight excluding hydrogens is 254 g/mol. The average molecular weight is 272 g/mol. The molecule has 1 aromatic rings. The summed E-state index contributed by atoms with van der Waals surface area (Å²) in [5.41, 5.74) is 0.967. The molecule has 1 aliphatic heterocycles. The molecule has 1 aliphatic rings. The van der Waals surface area contributed by atoms with E-state index in [2.05, 4.69) is 14.9 Å². The van der Waals surface area contributed by atoms with Crippen LogP contribution in [0.3, 0.4) is 0 Å². The van der Waals surface area contributed by atoms with Crippen LogP contribution in [0.1, 0.15) is 12.5 Å². The Morgan fingerprint density at radius 2 is 2.39 bits per heavy atom. The van der Waals surface area contributed by atoms with Crippen LogP contribution < -0.4 is 9.64 Å². The van der Waals surface area contributed by atoms with E-state index in [1.54, 1.807) is 6.33 Å². The van der Waals surface area contributed by atoms with Gasteiger partial charge in [-0.1, -0.05) is 0 Å². The number of halogens is 1. The molecule has 0 spiro atoms. The van der Waals surface area contributed by atoms with Gasteiger partial charge in [-0.3, -0.25) is 0 Å². The van der Waals surface area contributed by atoms with Gasteiger partial charge in [0.25, 0.3) is 0 Å². The van der Waals surface area contributed by atoms with E-state index < -0.39 is 0 Å². The number of aromatic nitrogens is 2. The number of morpholine rings is 1. The van der Waals surface area contributed by atoms with Crippen LogP contribution in [0, 0.1) is 6.92 Å². The van der Waals surface area contributed by atoms with Gasteiger partial charge in [0, 0.05) is 13.1 Å². The molecule has 1 unspecified atom stereocenters. The summed E-state index contributed by atoms with van der Waals surface area (Å²) >= 11 is 5.84. The highest BCUT2D eigenvalue weighted by Crippen LogP contribution is 2.25. The zero-order valence-electron chi connectivity index (χ0n) is 10.7. The first kappa shape index (κ1) is 13.4. The summed E-state index contributed by atoms with van der Waals surface area (Å²) in [4.78, 5) is 10.7. The Morgan fingerprint density at radius 1 is 1.56 bits per heavy atom. The van der Waals surface area contributed by atoms with Gasteiger partial charge in [0.2, 0.25) is 5.88 Å². The lowest BCUT2D eigenvalue weighted by Crippen LogP contribution is -2.44. The van der Waals surface area contributed by atoms with Crippen molar-refractivity contribution in [3.63, 3.8) is 0 Å². The van der Waals surface area contributed by atoms with Gasteiger partial charge >= 0.3 is 0 Å². The molecule has 6 heteroatoms. The zero-order valence-corrected chi connectivity index (χ0v) is 11.5. The molecule has 1 atom stereocenters. The van der Waals surface area contributed by atoms with E-state index in [0.717, 1.165) is 24.5 Å². The molecule has 0 aliphatic carbocycles. The lowest BCUT2D eigenvalue weighted by atomic mass is 10.2. The fourth-order valence-electron chi connectivity index (χ4n) is 2.03. The fourth-order valence-corrected chi connectivity index (χ4v) is 2.22. The first-order valence-electron chi connectivity index (χ1n) is 6.13. The maximum Gasteiger partial charge on any atom is 0.221 e. The molecule has 0 bridgehead atoms. The second-order valence-electron chi connectivity index (χ2n) is 4.15. The smallest absolute Gasteiger partial charge is 0.221 e. The summed E-state index contributed by atoms with van der Waals surface area (Å²) in [6, 6.07) is 0. The summed E-state index contributed by atoms with van der Waals surface area (Å²) in [6.07, 6.45) is 1.60. The first-order chi connectivity index (χ1) is 8.76. The molecule has 1 aromatic heterocycles. The minimum absolute atomic E-state index is 0.0605. The van der Waals surface area contributed by atoms with Crippen molar-refractivity contribution in [3.8, 4) is 5.88 Å². The minimum atomic E-state index is 0.0605. The molecule has 2 heterocycles. The number of anilines is 1. The SMILES string of the molecule is CCOc1ncnc(N2CCOC(CCl)C2)c1C. The van der Waals surface area contributed by atoms with Crippen molar-refractivity contribution in [3.05, 3.63) is 11.9 Å². The predicted octanol–water partition coefficient (Wildman–Crippen LogP) is 1.63. The van der Waals surface area contributed by atoms with Crippen molar-refractivity contribution in [2.24, 2.45) is 0 Å². The summed E-state index contributed by atoms with van der Waals surface area (Å²) in [5, 5.41) is 0. The van der Waals surface area contributed by atoms with Gasteiger partial charge in [-0.25, -0.2) is 9.97 Å². The Morgan fingerprint density at radius 3 is 3.11 bits per heavy atom. The molecule has 0 N–H and O–H groups in total. The van der Waals surface area contributed by atoms with Crippen molar-refractivity contribution < 1.29 is 9.47 Å².